The molecule has 3 rings (SSSR count). The molecule has 0 aliphatic carbocycles. The lowest BCUT2D eigenvalue weighted by Crippen LogP contribution is -2.39. The van der Waals surface area contributed by atoms with Crippen LogP contribution in [-0.2, 0) is 6.54 Å². The van der Waals surface area contributed by atoms with Gasteiger partial charge in [0.1, 0.15) is 0 Å². The molecular formula is C17H24F2N2O2. The topological polar surface area (TPSA) is 33.7 Å². The Morgan fingerprint density at radius 2 is 2.09 bits per heavy atom. The third-order valence-electron chi connectivity index (χ3n) is 4.72. The van der Waals surface area contributed by atoms with Crippen molar-refractivity contribution in [3.05, 3.63) is 23.8 Å². The zero-order chi connectivity index (χ0) is 16.2. The third kappa shape index (κ3) is 4.12. The summed E-state index contributed by atoms with van der Waals surface area (Å²) in [7, 11) is 0. The number of alkyl halides is 2. The molecule has 0 spiro atoms. The van der Waals surface area contributed by atoms with E-state index in [4.69, 9.17) is 4.74 Å². The minimum atomic E-state index is -2.84. The molecule has 2 fully saturated rings. The SMILES string of the molecule is CCOc1cc(CN2CCC3CNCC3C2)ccc1OC(F)F. The molecule has 23 heavy (non-hydrogen) atoms. The van der Waals surface area contributed by atoms with Crippen molar-refractivity contribution < 1.29 is 18.3 Å². The Morgan fingerprint density at radius 1 is 1.26 bits per heavy atom. The van der Waals surface area contributed by atoms with Crippen molar-refractivity contribution in [2.24, 2.45) is 11.8 Å². The van der Waals surface area contributed by atoms with Crippen LogP contribution in [0.1, 0.15) is 18.9 Å². The van der Waals surface area contributed by atoms with Gasteiger partial charge < -0.3 is 14.8 Å². The van der Waals surface area contributed by atoms with E-state index >= 15 is 0 Å². The van der Waals surface area contributed by atoms with Gasteiger partial charge in [-0.05, 0) is 62.5 Å². The summed E-state index contributed by atoms with van der Waals surface area (Å²) in [6.07, 6.45) is 1.22. The zero-order valence-corrected chi connectivity index (χ0v) is 13.4. The van der Waals surface area contributed by atoms with Crippen LogP contribution in [0.5, 0.6) is 11.5 Å². The van der Waals surface area contributed by atoms with Crippen LogP contribution >= 0.6 is 0 Å². The lowest BCUT2D eigenvalue weighted by Gasteiger charge is -2.34. The molecule has 1 aromatic rings. The quantitative estimate of drug-likeness (QED) is 0.871. The maximum absolute atomic E-state index is 12.4. The summed E-state index contributed by atoms with van der Waals surface area (Å²) in [5.41, 5.74) is 1.07. The summed E-state index contributed by atoms with van der Waals surface area (Å²) >= 11 is 0. The van der Waals surface area contributed by atoms with Gasteiger partial charge in [-0.2, -0.15) is 8.78 Å². The number of piperidine rings is 1. The van der Waals surface area contributed by atoms with Crippen LogP contribution in [0.25, 0.3) is 0 Å². The number of hydrogen-bond donors (Lipinski definition) is 1. The maximum Gasteiger partial charge on any atom is 0.387 e. The van der Waals surface area contributed by atoms with Crippen LogP contribution in [0.3, 0.4) is 0 Å². The largest absolute Gasteiger partial charge is 0.490 e. The molecule has 2 aliphatic heterocycles. The highest BCUT2D eigenvalue weighted by molar-refractivity contribution is 5.43. The second kappa shape index (κ2) is 7.45. The molecule has 6 heteroatoms. The van der Waals surface area contributed by atoms with Crippen molar-refractivity contribution in [1.29, 1.82) is 0 Å². The average molecular weight is 326 g/mol. The molecule has 0 amide bonds. The average Bonchev–Trinajstić information content (AvgIpc) is 2.97. The van der Waals surface area contributed by atoms with E-state index in [1.807, 2.05) is 19.1 Å². The first-order chi connectivity index (χ1) is 11.2. The van der Waals surface area contributed by atoms with E-state index < -0.39 is 6.61 Å². The summed E-state index contributed by atoms with van der Waals surface area (Å²) in [6.45, 7) is 4.66. The number of likely N-dealkylation sites (tertiary alicyclic amines) is 1. The Kier molecular flexibility index (Phi) is 5.33. The van der Waals surface area contributed by atoms with E-state index in [1.54, 1.807) is 6.07 Å². The molecular weight excluding hydrogens is 302 g/mol. The Bertz CT molecular complexity index is 527. The maximum atomic E-state index is 12.4. The summed E-state index contributed by atoms with van der Waals surface area (Å²) < 4.78 is 34.9. The predicted octanol–water partition coefficient (Wildman–Crippen LogP) is 2.73. The number of ether oxygens (including phenoxy) is 2. The number of nitrogens with zero attached hydrogens (tertiary/aromatic N) is 1. The first kappa shape index (κ1) is 16.5. The van der Waals surface area contributed by atoms with Crippen molar-refractivity contribution >= 4 is 0 Å². The lowest BCUT2D eigenvalue weighted by molar-refractivity contribution is -0.0514. The van der Waals surface area contributed by atoms with Crippen LogP contribution in [0, 0.1) is 11.8 Å². The van der Waals surface area contributed by atoms with Crippen LogP contribution in [-0.4, -0.2) is 44.3 Å². The predicted molar refractivity (Wildman–Crippen MR) is 84.0 cm³/mol. The fourth-order valence-corrected chi connectivity index (χ4v) is 3.62. The van der Waals surface area contributed by atoms with Gasteiger partial charge in [0.15, 0.2) is 11.5 Å². The smallest absolute Gasteiger partial charge is 0.387 e. The molecule has 0 bridgehead atoms. The highest BCUT2D eigenvalue weighted by Gasteiger charge is 2.32. The summed E-state index contributed by atoms with van der Waals surface area (Å²) in [6, 6.07) is 5.25. The normalized spacial score (nSPS) is 24.7. The highest BCUT2D eigenvalue weighted by atomic mass is 19.3. The molecule has 128 valence electrons. The van der Waals surface area contributed by atoms with Crippen molar-refractivity contribution in [2.45, 2.75) is 26.5 Å². The number of hydrogen-bond acceptors (Lipinski definition) is 4. The molecule has 0 radical (unpaired) electrons. The lowest BCUT2D eigenvalue weighted by atomic mass is 9.88. The van der Waals surface area contributed by atoms with Crippen LogP contribution in [0.15, 0.2) is 18.2 Å². The summed E-state index contributed by atoms with van der Waals surface area (Å²) in [5, 5.41) is 3.47. The number of fused-ring (bicyclic) bond motifs is 1. The molecule has 2 aliphatic rings. The Balaban J connectivity index is 1.66. The molecule has 0 saturated carbocycles. The molecule has 2 atom stereocenters. The number of rotatable bonds is 6. The van der Waals surface area contributed by atoms with Crippen molar-refractivity contribution in [3.8, 4) is 11.5 Å². The number of benzene rings is 1. The molecule has 0 aromatic heterocycles. The van der Waals surface area contributed by atoms with E-state index in [1.165, 1.54) is 6.42 Å². The Labute approximate surface area is 135 Å². The molecule has 4 nitrogen and oxygen atoms in total. The number of nitrogens with one attached hydrogen (secondary N) is 1. The van der Waals surface area contributed by atoms with Crippen molar-refractivity contribution in [1.82, 2.24) is 10.2 Å². The fourth-order valence-electron chi connectivity index (χ4n) is 3.62. The Hall–Kier alpha value is -1.40. The van der Waals surface area contributed by atoms with Gasteiger partial charge in [-0.1, -0.05) is 6.07 Å². The van der Waals surface area contributed by atoms with Gasteiger partial charge in [0.2, 0.25) is 0 Å². The third-order valence-corrected chi connectivity index (χ3v) is 4.72. The van der Waals surface area contributed by atoms with Gasteiger partial charge >= 0.3 is 6.61 Å². The zero-order valence-electron chi connectivity index (χ0n) is 13.4. The highest BCUT2D eigenvalue weighted by Crippen LogP contribution is 2.32. The molecule has 2 heterocycles. The second-order valence-corrected chi connectivity index (χ2v) is 6.29. The van der Waals surface area contributed by atoms with E-state index in [-0.39, 0.29) is 5.75 Å². The van der Waals surface area contributed by atoms with Crippen LogP contribution in [0.4, 0.5) is 8.78 Å². The molecule has 2 saturated heterocycles. The van der Waals surface area contributed by atoms with Gasteiger partial charge in [-0.3, -0.25) is 4.90 Å². The first-order valence-corrected chi connectivity index (χ1v) is 8.29. The van der Waals surface area contributed by atoms with Crippen LogP contribution in [0.2, 0.25) is 0 Å². The van der Waals surface area contributed by atoms with E-state index in [9.17, 15) is 8.78 Å². The van der Waals surface area contributed by atoms with Crippen molar-refractivity contribution in [3.63, 3.8) is 0 Å². The van der Waals surface area contributed by atoms with Gasteiger partial charge in [-0.25, -0.2) is 0 Å². The molecule has 1 aromatic carbocycles. The van der Waals surface area contributed by atoms with Gasteiger partial charge in [0.05, 0.1) is 6.61 Å². The summed E-state index contributed by atoms with van der Waals surface area (Å²) in [4.78, 5) is 2.44. The fraction of sp³-hybridized carbons (Fsp3) is 0.647. The Morgan fingerprint density at radius 3 is 2.87 bits per heavy atom. The monoisotopic (exact) mass is 326 g/mol. The summed E-state index contributed by atoms with van der Waals surface area (Å²) in [5.74, 6) is 2.04. The second-order valence-electron chi connectivity index (χ2n) is 6.29. The van der Waals surface area contributed by atoms with Gasteiger partial charge in [-0.15, -0.1) is 0 Å². The van der Waals surface area contributed by atoms with Gasteiger partial charge in [0, 0.05) is 13.1 Å². The number of halogens is 2. The molecule has 1 N–H and O–H groups in total. The standard InChI is InChI=1S/C17H24F2N2O2/c1-2-22-16-7-12(3-4-15(16)23-17(18)19)10-21-6-5-13-8-20-9-14(13)11-21/h3-4,7,13-14,17,20H,2,5-6,8-11H2,1H3. The van der Waals surface area contributed by atoms with Gasteiger partial charge in [0.25, 0.3) is 0 Å². The van der Waals surface area contributed by atoms with E-state index in [2.05, 4.69) is 15.0 Å². The van der Waals surface area contributed by atoms with Crippen molar-refractivity contribution in [2.75, 3.05) is 32.8 Å². The molecule has 2 unspecified atom stereocenters. The van der Waals surface area contributed by atoms with Crippen LogP contribution < -0.4 is 14.8 Å². The minimum absolute atomic E-state index is 0.101. The first-order valence-electron chi connectivity index (χ1n) is 8.29. The van der Waals surface area contributed by atoms with E-state index in [0.29, 0.717) is 12.4 Å². The minimum Gasteiger partial charge on any atom is -0.490 e. The van der Waals surface area contributed by atoms with E-state index in [0.717, 1.165) is 50.1 Å².